The molecule has 9 aromatic rings. The van der Waals surface area contributed by atoms with Gasteiger partial charge in [-0.3, -0.25) is 4.98 Å². The van der Waals surface area contributed by atoms with Crippen molar-refractivity contribution in [3.05, 3.63) is 152 Å². The van der Waals surface area contributed by atoms with E-state index in [4.69, 9.17) is 29.3 Å². The monoisotopic (exact) mass is 603 g/mol. The average Bonchev–Trinajstić information content (AvgIpc) is 3.53. The summed E-state index contributed by atoms with van der Waals surface area (Å²) in [6.07, 6.45) is 1.84. The van der Waals surface area contributed by atoms with Gasteiger partial charge >= 0.3 is 0 Å². The van der Waals surface area contributed by atoms with E-state index in [0.717, 1.165) is 66.3 Å². The second kappa shape index (κ2) is 11.1. The zero-order valence-corrected chi connectivity index (χ0v) is 25.1. The summed E-state index contributed by atoms with van der Waals surface area (Å²) >= 11 is 0. The quantitative estimate of drug-likeness (QED) is 0.195. The summed E-state index contributed by atoms with van der Waals surface area (Å²) in [6, 6.07) is 48.9. The van der Waals surface area contributed by atoms with E-state index in [2.05, 4.69) is 54.6 Å². The van der Waals surface area contributed by atoms with E-state index in [9.17, 15) is 0 Å². The Morgan fingerprint density at radius 3 is 1.74 bits per heavy atom. The number of fused-ring (bicyclic) bond motifs is 4. The number of para-hydroxylation sites is 1. The van der Waals surface area contributed by atoms with Crippen LogP contribution in [0, 0.1) is 0 Å². The Balaban J connectivity index is 1.15. The van der Waals surface area contributed by atoms with Crippen LogP contribution in [-0.4, -0.2) is 24.9 Å². The summed E-state index contributed by atoms with van der Waals surface area (Å²) in [5.41, 5.74) is 7.90. The Morgan fingerprint density at radius 1 is 0.426 bits per heavy atom. The standard InChI is InChI=1S/C41H25N5O/c1-3-10-28(11-4-1)38-44-39(29-12-5-2-6-13-29)46-40(45-38)30-20-18-26(19-21-30)31-16-9-14-27-24-25-42-37(36(27)31)34-23-22-33-32-15-7-8-17-35(32)47-41(33)43-34/h1-25H. The van der Waals surface area contributed by atoms with Crippen LogP contribution in [0.2, 0.25) is 0 Å². The van der Waals surface area contributed by atoms with E-state index >= 15 is 0 Å². The third-order valence-electron chi connectivity index (χ3n) is 8.43. The van der Waals surface area contributed by atoms with Crippen molar-refractivity contribution in [3.8, 4) is 56.7 Å². The van der Waals surface area contributed by atoms with Gasteiger partial charge in [-0.2, -0.15) is 0 Å². The summed E-state index contributed by atoms with van der Waals surface area (Å²) < 4.78 is 6.11. The second-order valence-corrected chi connectivity index (χ2v) is 11.3. The number of hydrogen-bond acceptors (Lipinski definition) is 6. The highest BCUT2D eigenvalue weighted by atomic mass is 16.3. The number of rotatable bonds is 5. The maximum absolute atomic E-state index is 6.11. The number of pyridine rings is 2. The molecule has 0 aliphatic heterocycles. The van der Waals surface area contributed by atoms with Crippen molar-refractivity contribution in [2.75, 3.05) is 0 Å². The SMILES string of the molecule is c1ccc(-c2nc(-c3ccccc3)nc(-c3ccc(-c4cccc5ccnc(-c6ccc7c(n6)oc6ccccc67)c45)cc3)n2)cc1. The van der Waals surface area contributed by atoms with Gasteiger partial charge in [-0.25, -0.2) is 19.9 Å². The van der Waals surface area contributed by atoms with Crippen LogP contribution in [-0.2, 0) is 0 Å². The molecule has 0 aliphatic carbocycles. The molecule has 47 heavy (non-hydrogen) atoms. The molecule has 0 unspecified atom stereocenters. The molecule has 6 heteroatoms. The Bertz CT molecular complexity index is 2500. The lowest BCUT2D eigenvalue weighted by atomic mass is 9.95. The Labute approximate surface area is 270 Å². The van der Waals surface area contributed by atoms with Gasteiger partial charge in [0.05, 0.1) is 11.4 Å². The van der Waals surface area contributed by atoms with Crippen LogP contribution in [0.1, 0.15) is 0 Å². The van der Waals surface area contributed by atoms with Crippen molar-refractivity contribution in [1.82, 2.24) is 24.9 Å². The largest absolute Gasteiger partial charge is 0.438 e. The van der Waals surface area contributed by atoms with Gasteiger partial charge in [0, 0.05) is 39.0 Å². The number of aromatic nitrogens is 5. The number of benzene rings is 5. The first kappa shape index (κ1) is 26.8. The van der Waals surface area contributed by atoms with Crippen molar-refractivity contribution in [1.29, 1.82) is 0 Å². The third kappa shape index (κ3) is 4.80. The van der Waals surface area contributed by atoms with Gasteiger partial charge in [-0.05, 0) is 40.8 Å². The highest BCUT2D eigenvalue weighted by Crippen LogP contribution is 2.37. The molecule has 0 fully saturated rings. The first-order valence-electron chi connectivity index (χ1n) is 15.4. The van der Waals surface area contributed by atoms with Crippen LogP contribution in [0.25, 0.3) is 89.5 Å². The van der Waals surface area contributed by atoms with Gasteiger partial charge in [0.25, 0.3) is 0 Å². The molecule has 0 saturated carbocycles. The molecule has 5 aromatic carbocycles. The molecule has 4 heterocycles. The molecular weight excluding hydrogens is 578 g/mol. The number of hydrogen-bond donors (Lipinski definition) is 0. The number of furan rings is 1. The van der Waals surface area contributed by atoms with Crippen LogP contribution in [0.5, 0.6) is 0 Å². The zero-order valence-electron chi connectivity index (χ0n) is 25.1. The van der Waals surface area contributed by atoms with E-state index < -0.39 is 0 Å². The third-order valence-corrected chi connectivity index (χ3v) is 8.43. The van der Waals surface area contributed by atoms with Crippen molar-refractivity contribution < 1.29 is 4.42 Å². The first-order valence-corrected chi connectivity index (χ1v) is 15.4. The van der Waals surface area contributed by atoms with Crippen molar-refractivity contribution in [3.63, 3.8) is 0 Å². The molecule has 6 nitrogen and oxygen atoms in total. The summed E-state index contributed by atoms with van der Waals surface area (Å²) in [7, 11) is 0. The first-order chi connectivity index (χ1) is 23.3. The molecule has 0 bridgehead atoms. The van der Waals surface area contributed by atoms with Gasteiger partial charge in [0.2, 0.25) is 5.71 Å². The minimum atomic E-state index is 0.603. The summed E-state index contributed by atoms with van der Waals surface area (Å²) in [5.74, 6) is 1.89. The van der Waals surface area contributed by atoms with E-state index in [0.29, 0.717) is 23.2 Å². The molecule has 0 amide bonds. The highest BCUT2D eigenvalue weighted by molar-refractivity contribution is 6.07. The molecule has 0 N–H and O–H groups in total. The average molecular weight is 604 g/mol. The predicted octanol–water partition coefficient (Wildman–Crippen LogP) is 10.0. The van der Waals surface area contributed by atoms with Crippen LogP contribution < -0.4 is 0 Å². The van der Waals surface area contributed by atoms with Crippen LogP contribution in [0.4, 0.5) is 0 Å². The lowest BCUT2D eigenvalue weighted by Gasteiger charge is -2.12. The lowest BCUT2D eigenvalue weighted by molar-refractivity contribution is 0.654. The van der Waals surface area contributed by atoms with Crippen LogP contribution >= 0.6 is 0 Å². The smallest absolute Gasteiger partial charge is 0.227 e. The molecule has 0 radical (unpaired) electrons. The van der Waals surface area contributed by atoms with E-state index in [1.807, 2.05) is 97.2 Å². The Kier molecular flexibility index (Phi) is 6.35. The Hall–Kier alpha value is -6.53. The van der Waals surface area contributed by atoms with E-state index in [-0.39, 0.29) is 0 Å². The molecule has 0 atom stereocenters. The van der Waals surface area contributed by atoms with Gasteiger partial charge in [0.1, 0.15) is 5.58 Å². The molecule has 0 saturated heterocycles. The molecule has 4 aromatic heterocycles. The molecular formula is C41H25N5O. The normalized spacial score (nSPS) is 11.4. The van der Waals surface area contributed by atoms with Gasteiger partial charge in [-0.1, -0.05) is 121 Å². The minimum Gasteiger partial charge on any atom is -0.438 e. The summed E-state index contributed by atoms with van der Waals surface area (Å²) in [4.78, 5) is 24.4. The molecule has 9 rings (SSSR count). The van der Waals surface area contributed by atoms with E-state index in [1.165, 1.54) is 0 Å². The highest BCUT2D eigenvalue weighted by Gasteiger charge is 2.16. The van der Waals surface area contributed by atoms with Crippen LogP contribution in [0.15, 0.2) is 156 Å². The predicted molar refractivity (Wildman–Crippen MR) is 187 cm³/mol. The molecule has 0 aliphatic rings. The van der Waals surface area contributed by atoms with Gasteiger partial charge < -0.3 is 4.42 Å². The summed E-state index contributed by atoms with van der Waals surface area (Å²) in [6.45, 7) is 0. The zero-order chi connectivity index (χ0) is 31.2. The fraction of sp³-hybridized carbons (Fsp3) is 0. The minimum absolute atomic E-state index is 0.603. The van der Waals surface area contributed by atoms with Gasteiger partial charge in [-0.15, -0.1) is 0 Å². The second-order valence-electron chi connectivity index (χ2n) is 11.3. The van der Waals surface area contributed by atoms with Crippen molar-refractivity contribution in [2.45, 2.75) is 0 Å². The van der Waals surface area contributed by atoms with Gasteiger partial charge in [0.15, 0.2) is 17.5 Å². The van der Waals surface area contributed by atoms with Crippen molar-refractivity contribution >= 4 is 32.8 Å². The molecule has 0 spiro atoms. The molecule has 220 valence electrons. The maximum atomic E-state index is 6.11. The topological polar surface area (TPSA) is 77.6 Å². The summed E-state index contributed by atoms with van der Waals surface area (Å²) in [5, 5.41) is 4.16. The Morgan fingerprint density at radius 2 is 1.04 bits per heavy atom. The van der Waals surface area contributed by atoms with Crippen molar-refractivity contribution in [2.24, 2.45) is 0 Å². The van der Waals surface area contributed by atoms with E-state index in [1.54, 1.807) is 0 Å². The fourth-order valence-electron chi connectivity index (χ4n) is 6.14. The lowest BCUT2D eigenvalue weighted by Crippen LogP contribution is -2.00. The number of nitrogens with zero attached hydrogens (tertiary/aromatic N) is 5. The maximum Gasteiger partial charge on any atom is 0.227 e. The van der Waals surface area contributed by atoms with Crippen LogP contribution in [0.3, 0.4) is 0 Å². The fourth-order valence-corrected chi connectivity index (χ4v) is 6.14.